The molecule has 2 aliphatic rings. The summed E-state index contributed by atoms with van der Waals surface area (Å²) < 4.78 is 0. The average molecular weight is 303 g/mol. The first-order valence-corrected chi connectivity index (χ1v) is 8.20. The molecule has 0 bridgehead atoms. The van der Waals surface area contributed by atoms with Crippen molar-refractivity contribution in [2.45, 2.75) is 39.2 Å². The van der Waals surface area contributed by atoms with E-state index >= 15 is 0 Å². The Morgan fingerprint density at radius 3 is 2.68 bits per heavy atom. The first-order valence-electron chi connectivity index (χ1n) is 8.20. The Balaban J connectivity index is 1.52. The van der Waals surface area contributed by atoms with Gasteiger partial charge in [-0.2, -0.15) is 0 Å². The maximum absolute atomic E-state index is 12.2. The van der Waals surface area contributed by atoms with Crippen molar-refractivity contribution >= 4 is 11.7 Å². The fourth-order valence-electron chi connectivity index (χ4n) is 3.31. The van der Waals surface area contributed by atoms with Crippen molar-refractivity contribution in [2.75, 3.05) is 31.1 Å². The third kappa shape index (κ3) is 3.55. The molecule has 22 heavy (non-hydrogen) atoms. The molecule has 1 aromatic heterocycles. The zero-order chi connectivity index (χ0) is 15.5. The van der Waals surface area contributed by atoms with E-state index in [9.17, 15) is 4.79 Å². The summed E-state index contributed by atoms with van der Waals surface area (Å²) in [5, 5.41) is 6.46. The van der Waals surface area contributed by atoms with E-state index in [1.54, 1.807) is 0 Å². The molecule has 6 nitrogen and oxygen atoms in total. The highest BCUT2D eigenvalue weighted by atomic mass is 16.2. The quantitative estimate of drug-likeness (QED) is 0.864. The number of anilines is 1. The highest BCUT2D eigenvalue weighted by Crippen LogP contribution is 2.19. The summed E-state index contributed by atoms with van der Waals surface area (Å²) in [6.07, 6.45) is 2.92. The van der Waals surface area contributed by atoms with Crippen LogP contribution in [0.15, 0.2) is 6.07 Å². The van der Waals surface area contributed by atoms with Gasteiger partial charge in [-0.1, -0.05) is 0 Å². The van der Waals surface area contributed by atoms with Crippen molar-refractivity contribution in [2.24, 2.45) is 5.92 Å². The van der Waals surface area contributed by atoms with Gasteiger partial charge < -0.3 is 15.5 Å². The fourth-order valence-corrected chi connectivity index (χ4v) is 3.31. The summed E-state index contributed by atoms with van der Waals surface area (Å²) in [4.78, 5) is 23.3. The minimum absolute atomic E-state index is 0.158. The van der Waals surface area contributed by atoms with E-state index in [2.05, 4.69) is 25.5 Å². The Bertz CT molecular complexity index is 513. The number of nitrogens with zero attached hydrogens (tertiary/aromatic N) is 3. The second-order valence-electron chi connectivity index (χ2n) is 6.37. The number of amides is 1. The lowest BCUT2D eigenvalue weighted by molar-refractivity contribution is -0.125. The molecule has 1 atom stereocenters. The molecule has 0 spiro atoms. The van der Waals surface area contributed by atoms with Crippen LogP contribution in [0.5, 0.6) is 0 Å². The second-order valence-corrected chi connectivity index (χ2v) is 6.37. The predicted octanol–water partition coefficient (Wildman–Crippen LogP) is 0.788. The highest BCUT2D eigenvalue weighted by molar-refractivity contribution is 5.79. The lowest BCUT2D eigenvalue weighted by Gasteiger charge is -2.33. The van der Waals surface area contributed by atoms with Gasteiger partial charge in [0, 0.05) is 37.4 Å². The number of aromatic nitrogens is 2. The van der Waals surface area contributed by atoms with E-state index in [-0.39, 0.29) is 11.8 Å². The van der Waals surface area contributed by atoms with Gasteiger partial charge in [0.15, 0.2) is 0 Å². The third-order valence-electron chi connectivity index (χ3n) is 4.55. The summed E-state index contributed by atoms with van der Waals surface area (Å²) in [5.74, 6) is 2.20. The standard InChI is InChI=1S/C16H25N5O/c1-11-9-15(19-12(2)18-11)21-7-4-14(5-8-21)20-16(22)13-3-6-17-10-13/h9,13-14,17H,3-8,10H2,1-2H3,(H,20,22). The Labute approximate surface area is 131 Å². The number of nitrogens with one attached hydrogen (secondary N) is 2. The van der Waals surface area contributed by atoms with Gasteiger partial charge in [-0.05, 0) is 39.7 Å². The molecular formula is C16H25N5O. The zero-order valence-corrected chi connectivity index (χ0v) is 13.4. The van der Waals surface area contributed by atoms with Crippen LogP contribution in [0.2, 0.25) is 0 Å². The summed E-state index contributed by atoms with van der Waals surface area (Å²) in [5.41, 5.74) is 1.01. The third-order valence-corrected chi connectivity index (χ3v) is 4.55. The van der Waals surface area contributed by atoms with Crippen molar-refractivity contribution in [1.82, 2.24) is 20.6 Å². The maximum atomic E-state index is 12.2. The second kappa shape index (κ2) is 6.60. The first-order chi connectivity index (χ1) is 10.6. The van der Waals surface area contributed by atoms with Crippen LogP contribution in [0.1, 0.15) is 30.8 Å². The molecule has 1 aromatic rings. The number of hydrogen-bond donors (Lipinski definition) is 2. The largest absolute Gasteiger partial charge is 0.356 e. The van der Waals surface area contributed by atoms with E-state index in [1.165, 1.54) is 0 Å². The molecule has 0 aromatic carbocycles. The van der Waals surface area contributed by atoms with Crippen LogP contribution in [-0.2, 0) is 4.79 Å². The molecule has 0 radical (unpaired) electrons. The van der Waals surface area contributed by atoms with Gasteiger partial charge >= 0.3 is 0 Å². The van der Waals surface area contributed by atoms with Gasteiger partial charge in [0.25, 0.3) is 0 Å². The Hall–Kier alpha value is -1.69. The highest BCUT2D eigenvalue weighted by Gasteiger charge is 2.27. The number of carbonyl (C=O) groups is 1. The van der Waals surface area contributed by atoms with Crippen LogP contribution in [0, 0.1) is 19.8 Å². The molecule has 0 aliphatic carbocycles. The molecule has 2 aliphatic heterocycles. The van der Waals surface area contributed by atoms with Crippen LogP contribution in [0.4, 0.5) is 5.82 Å². The lowest BCUT2D eigenvalue weighted by Crippen LogP contribution is -2.46. The van der Waals surface area contributed by atoms with Crippen LogP contribution in [0.3, 0.4) is 0 Å². The van der Waals surface area contributed by atoms with Gasteiger partial charge in [-0.3, -0.25) is 4.79 Å². The van der Waals surface area contributed by atoms with Crippen molar-refractivity contribution < 1.29 is 4.79 Å². The number of hydrogen-bond acceptors (Lipinski definition) is 5. The summed E-state index contributed by atoms with van der Waals surface area (Å²) in [6, 6.07) is 2.34. The van der Waals surface area contributed by atoms with Gasteiger partial charge in [0.1, 0.15) is 11.6 Å². The van der Waals surface area contributed by atoms with E-state index in [0.29, 0.717) is 6.04 Å². The fraction of sp³-hybridized carbons (Fsp3) is 0.688. The van der Waals surface area contributed by atoms with E-state index in [4.69, 9.17) is 0 Å². The maximum Gasteiger partial charge on any atom is 0.224 e. The monoisotopic (exact) mass is 303 g/mol. The molecule has 2 N–H and O–H groups in total. The van der Waals surface area contributed by atoms with Crippen LogP contribution < -0.4 is 15.5 Å². The Morgan fingerprint density at radius 1 is 1.27 bits per heavy atom. The van der Waals surface area contributed by atoms with Gasteiger partial charge in [0.05, 0.1) is 5.92 Å². The molecule has 120 valence electrons. The lowest BCUT2D eigenvalue weighted by atomic mass is 10.0. The van der Waals surface area contributed by atoms with Gasteiger partial charge in [0.2, 0.25) is 5.91 Å². The Kier molecular flexibility index (Phi) is 4.57. The zero-order valence-electron chi connectivity index (χ0n) is 13.4. The summed E-state index contributed by atoms with van der Waals surface area (Å²) >= 11 is 0. The molecule has 1 amide bonds. The number of rotatable bonds is 3. The minimum Gasteiger partial charge on any atom is -0.356 e. The number of carbonyl (C=O) groups excluding carboxylic acids is 1. The number of aryl methyl sites for hydroxylation is 2. The van der Waals surface area contributed by atoms with Crippen molar-refractivity contribution in [3.05, 3.63) is 17.6 Å². The first kappa shape index (κ1) is 15.2. The number of piperidine rings is 1. The molecule has 3 rings (SSSR count). The SMILES string of the molecule is Cc1cc(N2CCC(NC(=O)C3CCNC3)CC2)nc(C)n1. The van der Waals surface area contributed by atoms with Crippen molar-refractivity contribution in [3.8, 4) is 0 Å². The smallest absolute Gasteiger partial charge is 0.224 e. The van der Waals surface area contributed by atoms with Crippen molar-refractivity contribution in [3.63, 3.8) is 0 Å². The molecular weight excluding hydrogens is 278 g/mol. The summed E-state index contributed by atoms with van der Waals surface area (Å²) in [7, 11) is 0. The molecule has 3 heterocycles. The van der Waals surface area contributed by atoms with Crippen molar-refractivity contribution in [1.29, 1.82) is 0 Å². The molecule has 6 heteroatoms. The molecule has 2 saturated heterocycles. The van der Waals surface area contributed by atoms with Gasteiger partial charge in [-0.15, -0.1) is 0 Å². The predicted molar refractivity (Wildman–Crippen MR) is 85.9 cm³/mol. The van der Waals surface area contributed by atoms with Crippen LogP contribution >= 0.6 is 0 Å². The molecule has 0 saturated carbocycles. The van der Waals surface area contributed by atoms with Crippen LogP contribution in [0.25, 0.3) is 0 Å². The molecule has 1 unspecified atom stereocenters. The van der Waals surface area contributed by atoms with E-state index in [1.807, 2.05) is 19.9 Å². The van der Waals surface area contributed by atoms with E-state index < -0.39 is 0 Å². The topological polar surface area (TPSA) is 70.2 Å². The Morgan fingerprint density at radius 2 is 2.05 bits per heavy atom. The normalized spacial score (nSPS) is 22.8. The van der Waals surface area contributed by atoms with Gasteiger partial charge in [-0.25, -0.2) is 9.97 Å². The van der Waals surface area contributed by atoms with Crippen LogP contribution in [-0.4, -0.2) is 48.1 Å². The van der Waals surface area contributed by atoms with E-state index in [0.717, 1.165) is 62.8 Å². The molecule has 2 fully saturated rings. The summed E-state index contributed by atoms with van der Waals surface area (Å²) in [6.45, 7) is 7.58. The average Bonchev–Trinajstić information content (AvgIpc) is 3.01. The minimum atomic E-state index is 0.158.